The van der Waals surface area contributed by atoms with Gasteiger partial charge in [0.25, 0.3) is 0 Å². The number of methoxy groups -OCH3 is 3. The predicted molar refractivity (Wildman–Crippen MR) is 128 cm³/mol. The van der Waals surface area contributed by atoms with Gasteiger partial charge in [0, 0.05) is 30.4 Å². The first-order valence-electron chi connectivity index (χ1n) is 10.4. The number of aldehydes is 1. The lowest BCUT2D eigenvalue weighted by molar-refractivity contribution is -0.122. The van der Waals surface area contributed by atoms with Gasteiger partial charge in [-0.15, -0.1) is 0 Å². The molecule has 0 aromatic heterocycles. The zero-order valence-electron chi connectivity index (χ0n) is 19.4. The summed E-state index contributed by atoms with van der Waals surface area (Å²) in [7, 11) is 0.814. The van der Waals surface area contributed by atoms with Gasteiger partial charge in [0.1, 0.15) is 29.3 Å². The maximum absolute atomic E-state index is 12.7. The Bertz CT molecular complexity index is 1090. The van der Waals surface area contributed by atoms with Crippen LogP contribution in [0.4, 0.5) is 0 Å². The zero-order chi connectivity index (χ0) is 25.0. The van der Waals surface area contributed by atoms with E-state index in [1.165, 1.54) is 27.4 Å². The maximum Gasteiger partial charge on any atom is 0.222 e. The quantitative estimate of drug-likeness (QED) is 0.243. The summed E-state index contributed by atoms with van der Waals surface area (Å²) in [5, 5.41) is 3.69. The monoisotopic (exact) mass is 491 g/mol. The van der Waals surface area contributed by atoms with Crippen LogP contribution in [-0.4, -0.2) is 48.7 Å². The van der Waals surface area contributed by atoms with Crippen LogP contribution < -0.4 is 24.3 Å². The van der Waals surface area contributed by atoms with Gasteiger partial charge in [0.2, 0.25) is 5.91 Å². The molecule has 2 rings (SSSR count). The Balaban J connectivity index is 2.05. The Morgan fingerprint density at radius 3 is 2.32 bits per heavy atom. The van der Waals surface area contributed by atoms with Gasteiger partial charge in [-0.05, 0) is 30.2 Å². The average Bonchev–Trinajstić information content (AvgIpc) is 2.82. The Morgan fingerprint density at radius 2 is 1.71 bits per heavy atom. The Hall–Kier alpha value is -3.53. The van der Waals surface area contributed by atoms with E-state index >= 15 is 0 Å². The standard InChI is InChI=1S/C24H29NO8S/c1-30-20-14-22(31-2)21(23(15-20)32-3)10-12-34(28,29)16-18-7-6-8-19(13-18)33-17-25-24(27)9-4-5-11-26/h6-8,10-15H,4-5,9,16-17H2,1-3H3,(H,25,27). The lowest BCUT2D eigenvalue weighted by Gasteiger charge is -2.12. The molecule has 0 fully saturated rings. The second-order valence-corrected chi connectivity index (χ2v) is 9.04. The number of amides is 1. The molecule has 0 saturated carbocycles. The van der Waals surface area contributed by atoms with E-state index in [4.69, 9.17) is 18.9 Å². The molecule has 1 amide bonds. The summed E-state index contributed by atoms with van der Waals surface area (Å²) in [6, 6.07) is 9.87. The number of sulfone groups is 1. The average molecular weight is 492 g/mol. The molecule has 34 heavy (non-hydrogen) atoms. The van der Waals surface area contributed by atoms with Gasteiger partial charge in [-0.1, -0.05) is 12.1 Å². The van der Waals surface area contributed by atoms with Gasteiger partial charge in [-0.3, -0.25) is 4.79 Å². The van der Waals surface area contributed by atoms with Crippen molar-refractivity contribution in [2.24, 2.45) is 0 Å². The molecule has 0 spiro atoms. The van der Waals surface area contributed by atoms with Crippen LogP contribution in [0.3, 0.4) is 0 Å². The lowest BCUT2D eigenvalue weighted by atomic mass is 10.1. The van der Waals surface area contributed by atoms with Crippen molar-refractivity contribution in [3.05, 3.63) is 52.9 Å². The minimum atomic E-state index is -3.64. The Labute approximate surface area is 199 Å². The highest BCUT2D eigenvalue weighted by Gasteiger charge is 2.14. The topological polar surface area (TPSA) is 117 Å². The minimum Gasteiger partial charge on any atom is -0.496 e. The van der Waals surface area contributed by atoms with Crippen LogP contribution in [0.25, 0.3) is 6.08 Å². The fraction of sp³-hybridized carbons (Fsp3) is 0.333. The summed E-state index contributed by atoms with van der Waals surface area (Å²) >= 11 is 0. The molecule has 0 aliphatic heterocycles. The summed E-state index contributed by atoms with van der Waals surface area (Å²) in [5.41, 5.74) is 0.989. The van der Waals surface area contributed by atoms with Gasteiger partial charge < -0.3 is 29.1 Å². The Kier molecular flexibility index (Phi) is 10.4. The van der Waals surface area contributed by atoms with Crippen molar-refractivity contribution in [3.8, 4) is 23.0 Å². The molecule has 2 aromatic carbocycles. The van der Waals surface area contributed by atoms with Crippen molar-refractivity contribution in [1.82, 2.24) is 5.32 Å². The minimum absolute atomic E-state index is 0.0624. The van der Waals surface area contributed by atoms with E-state index in [0.717, 1.165) is 11.7 Å². The number of carbonyl (C=O) groups excluding carboxylic acids is 2. The van der Waals surface area contributed by atoms with Gasteiger partial charge in [-0.2, -0.15) is 0 Å². The molecule has 9 nitrogen and oxygen atoms in total. The van der Waals surface area contributed by atoms with Crippen LogP contribution in [-0.2, 0) is 25.2 Å². The van der Waals surface area contributed by atoms with E-state index in [1.54, 1.807) is 36.4 Å². The van der Waals surface area contributed by atoms with Crippen molar-refractivity contribution in [1.29, 1.82) is 0 Å². The van der Waals surface area contributed by atoms with Gasteiger partial charge in [0.05, 0.1) is 32.6 Å². The fourth-order valence-electron chi connectivity index (χ4n) is 3.01. The number of benzene rings is 2. The summed E-state index contributed by atoms with van der Waals surface area (Å²) in [6.07, 6.45) is 3.23. The van der Waals surface area contributed by atoms with Crippen LogP contribution in [0.1, 0.15) is 30.4 Å². The second kappa shape index (κ2) is 13.2. The van der Waals surface area contributed by atoms with E-state index in [-0.39, 0.29) is 24.8 Å². The molecule has 184 valence electrons. The van der Waals surface area contributed by atoms with Crippen molar-refractivity contribution in [2.75, 3.05) is 28.1 Å². The molecule has 0 unspecified atom stereocenters. The number of unbranched alkanes of at least 4 members (excludes halogenated alkanes) is 1. The highest BCUT2D eigenvalue weighted by molar-refractivity contribution is 7.93. The maximum atomic E-state index is 12.7. The largest absolute Gasteiger partial charge is 0.496 e. The summed E-state index contributed by atoms with van der Waals surface area (Å²) in [6.45, 7) is -0.0624. The number of carbonyl (C=O) groups is 2. The third kappa shape index (κ3) is 8.43. The zero-order valence-corrected chi connectivity index (χ0v) is 20.2. The highest BCUT2D eigenvalue weighted by atomic mass is 32.2. The molecule has 0 radical (unpaired) electrons. The fourth-order valence-corrected chi connectivity index (χ4v) is 4.09. The number of nitrogens with one attached hydrogen (secondary N) is 1. The molecule has 0 bridgehead atoms. The van der Waals surface area contributed by atoms with E-state index in [1.807, 2.05) is 0 Å². The van der Waals surface area contributed by atoms with Crippen molar-refractivity contribution < 1.29 is 37.0 Å². The number of rotatable bonds is 14. The summed E-state index contributed by atoms with van der Waals surface area (Å²) < 4.78 is 46.8. The smallest absolute Gasteiger partial charge is 0.222 e. The first-order chi connectivity index (χ1) is 16.3. The highest BCUT2D eigenvalue weighted by Crippen LogP contribution is 2.35. The lowest BCUT2D eigenvalue weighted by Crippen LogP contribution is -2.27. The first-order valence-corrected chi connectivity index (χ1v) is 12.2. The molecule has 0 heterocycles. The van der Waals surface area contributed by atoms with E-state index < -0.39 is 9.84 Å². The molecular formula is C24H29NO8S. The molecule has 10 heteroatoms. The molecule has 1 N–H and O–H groups in total. The van der Waals surface area contributed by atoms with E-state index in [9.17, 15) is 18.0 Å². The van der Waals surface area contributed by atoms with E-state index in [0.29, 0.717) is 47.0 Å². The van der Waals surface area contributed by atoms with Crippen LogP contribution in [0.2, 0.25) is 0 Å². The molecule has 0 atom stereocenters. The molecule has 0 aliphatic rings. The van der Waals surface area contributed by atoms with Crippen LogP contribution in [0, 0.1) is 0 Å². The third-order valence-electron chi connectivity index (χ3n) is 4.70. The number of ether oxygens (including phenoxy) is 4. The van der Waals surface area contributed by atoms with Gasteiger partial charge in [-0.25, -0.2) is 8.42 Å². The third-order valence-corrected chi connectivity index (χ3v) is 5.98. The summed E-state index contributed by atoms with van der Waals surface area (Å²) in [4.78, 5) is 22.0. The van der Waals surface area contributed by atoms with Crippen molar-refractivity contribution >= 4 is 28.1 Å². The van der Waals surface area contributed by atoms with Gasteiger partial charge >= 0.3 is 0 Å². The van der Waals surface area contributed by atoms with Crippen LogP contribution in [0.15, 0.2) is 41.8 Å². The number of hydrogen-bond donors (Lipinski definition) is 1. The normalized spacial score (nSPS) is 11.1. The molecule has 0 saturated heterocycles. The molecular weight excluding hydrogens is 462 g/mol. The van der Waals surface area contributed by atoms with Crippen LogP contribution in [0.5, 0.6) is 23.0 Å². The van der Waals surface area contributed by atoms with E-state index in [2.05, 4.69) is 5.32 Å². The van der Waals surface area contributed by atoms with Crippen molar-refractivity contribution in [3.63, 3.8) is 0 Å². The van der Waals surface area contributed by atoms with Crippen molar-refractivity contribution in [2.45, 2.75) is 25.0 Å². The predicted octanol–water partition coefficient (Wildman–Crippen LogP) is 3.12. The number of hydrogen-bond acceptors (Lipinski definition) is 8. The molecule has 0 aliphatic carbocycles. The SMILES string of the molecule is COc1cc(OC)c(C=CS(=O)(=O)Cc2cccc(OCNC(=O)CCCC=O)c2)c(OC)c1. The van der Waals surface area contributed by atoms with Crippen LogP contribution >= 0.6 is 0 Å². The summed E-state index contributed by atoms with van der Waals surface area (Å²) in [5.74, 6) is 1.28. The molecule has 2 aromatic rings. The Morgan fingerprint density at radius 1 is 1.00 bits per heavy atom. The van der Waals surface area contributed by atoms with Gasteiger partial charge in [0.15, 0.2) is 16.6 Å². The second-order valence-electron chi connectivity index (χ2n) is 7.15. The first kappa shape index (κ1) is 26.7.